The molecule has 3 N–H and O–H groups in total. The molecule has 2 amide bonds. The van der Waals surface area contributed by atoms with Gasteiger partial charge in [-0.05, 0) is 68.7 Å². The predicted octanol–water partition coefficient (Wildman–Crippen LogP) is 2.13. The van der Waals surface area contributed by atoms with Gasteiger partial charge in [-0.1, -0.05) is 6.07 Å². The van der Waals surface area contributed by atoms with Crippen molar-refractivity contribution in [2.24, 2.45) is 5.92 Å². The van der Waals surface area contributed by atoms with E-state index in [2.05, 4.69) is 10.6 Å². The Morgan fingerprint density at radius 1 is 1.06 bits per heavy atom. The smallest absolute Gasteiger partial charge is 0.251 e. The summed E-state index contributed by atoms with van der Waals surface area (Å²) in [6, 6.07) is 12.5. The zero-order chi connectivity index (χ0) is 24.6. The third kappa shape index (κ3) is 6.71. The van der Waals surface area contributed by atoms with Gasteiger partial charge in [-0.15, -0.1) is 0 Å². The average Bonchev–Trinajstić information content (AvgIpc) is 2.84. The second-order valence-electron chi connectivity index (χ2n) is 8.03. The lowest BCUT2D eigenvalue weighted by Gasteiger charge is -2.30. The highest BCUT2D eigenvalue weighted by molar-refractivity contribution is 7.89. The minimum atomic E-state index is -3.61. The van der Waals surface area contributed by atoms with Gasteiger partial charge in [-0.2, -0.15) is 4.31 Å². The number of aromatic hydroxyl groups is 1. The van der Waals surface area contributed by atoms with Gasteiger partial charge in [0.25, 0.3) is 5.91 Å². The van der Waals surface area contributed by atoms with Gasteiger partial charge in [0.1, 0.15) is 11.5 Å². The van der Waals surface area contributed by atoms with Gasteiger partial charge in [-0.25, -0.2) is 8.42 Å². The number of carbonyl (C=O) groups excluding carboxylic acids is 2. The number of sulfonamides is 1. The quantitative estimate of drug-likeness (QED) is 0.439. The van der Waals surface area contributed by atoms with E-state index < -0.39 is 10.0 Å². The molecule has 9 nitrogen and oxygen atoms in total. The lowest BCUT2D eigenvalue weighted by atomic mass is 9.97. The summed E-state index contributed by atoms with van der Waals surface area (Å²) in [6.07, 6.45) is 1.47. The van der Waals surface area contributed by atoms with Crippen LogP contribution >= 0.6 is 0 Å². The van der Waals surface area contributed by atoms with Crippen LogP contribution < -0.4 is 15.4 Å². The Bertz CT molecular complexity index is 1080. The molecule has 1 fully saturated rings. The normalized spacial score (nSPS) is 15.0. The van der Waals surface area contributed by atoms with E-state index in [9.17, 15) is 23.1 Å². The maximum atomic E-state index is 12.9. The van der Waals surface area contributed by atoms with Crippen LogP contribution in [0.5, 0.6) is 11.5 Å². The molecule has 2 aromatic carbocycles. The minimum Gasteiger partial charge on any atom is -0.508 e. The van der Waals surface area contributed by atoms with E-state index in [1.807, 2.05) is 6.92 Å². The number of benzene rings is 2. The van der Waals surface area contributed by atoms with Gasteiger partial charge in [0.15, 0.2) is 0 Å². The maximum absolute atomic E-state index is 12.9. The molecule has 2 aromatic rings. The minimum absolute atomic E-state index is 0.0261. The molecule has 0 aromatic heterocycles. The van der Waals surface area contributed by atoms with Crippen molar-refractivity contribution in [3.63, 3.8) is 0 Å². The predicted molar refractivity (Wildman–Crippen MR) is 127 cm³/mol. The Morgan fingerprint density at radius 2 is 1.74 bits per heavy atom. The molecule has 1 heterocycles. The summed E-state index contributed by atoms with van der Waals surface area (Å²) >= 11 is 0. The number of carbonyl (C=O) groups is 2. The van der Waals surface area contributed by atoms with Crippen molar-refractivity contribution >= 4 is 21.8 Å². The lowest BCUT2D eigenvalue weighted by molar-refractivity contribution is -0.126. The van der Waals surface area contributed by atoms with Crippen LogP contribution in [0.4, 0.5) is 0 Å². The monoisotopic (exact) mass is 489 g/mol. The van der Waals surface area contributed by atoms with Crippen LogP contribution in [-0.4, -0.2) is 62.4 Å². The average molecular weight is 490 g/mol. The molecule has 0 spiro atoms. The number of phenolic OH excluding ortho intramolecular Hbond substituents is 1. The van der Waals surface area contributed by atoms with Crippen LogP contribution in [0, 0.1) is 5.92 Å². The van der Waals surface area contributed by atoms with Crippen molar-refractivity contribution in [1.82, 2.24) is 14.9 Å². The maximum Gasteiger partial charge on any atom is 0.251 e. The number of rotatable bonds is 10. The molecular weight excluding hydrogens is 458 g/mol. The molecule has 0 aliphatic carbocycles. The summed E-state index contributed by atoms with van der Waals surface area (Å²) < 4.78 is 32.6. The summed E-state index contributed by atoms with van der Waals surface area (Å²) in [4.78, 5) is 24.7. The first-order valence-electron chi connectivity index (χ1n) is 11.4. The number of piperidine rings is 1. The van der Waals surface area contributed by atoms with Gasteiger partial charge < -0.3 is 20.5 Å². The largest absolute Gasteiger partial charge is 0.508 e. The lowest BCUT2D eigenvalue weighted by Crippen LogP contribution is -2.43. The Kier molecular flexibility index (Phi) is 8.89. The molecule has 0 unspecified atom stereocenters. The Labute approximate surface area is 200 Å². The molecule has 0 saturated carbocycles. The van der Waals surface area contributed by atoms with Gasteiger partial charge in [0.05, 0.1) is 11.5 Å². The van der Waals surface area contributed by atoms with E-state index in [4.69, 9.17) is 4.74 Å². The van der Waals surface area contributed by atoms with Crippen LogP contribution in [0.1, 0.15) is 36.5 Å². The summed E-state index contributed by atoms with van der Waals surface area (Å²) in [5, 5.41) is 15.0. The standard InChI is InChI=1S/C24H31N3O6S/c1-2-33-21-7-9-22(10-8-21)34(31,32)27-15-11-18(12-16-27)23(29)25-13-4-14-26-24(30)19-5-3-6-20(28)17-19/h3,5-10,17-18,28H,2,4,11-16H2,1H3,(H,25,29)(H,26,30). The van der Waals surface area contributed by atoms with E-state index >= 15 is 0 Å². The zero-order valence-electron chi connectivity index (χ0n) is 19.2. The van der Waals surface area contributed by atoms with Crippen molar-refractivity contribution in [2.75, 3.05) is 32.8 Å². The molecule has 34 heavy (non-hydrogen) atoms. The van der Waals surface area contributed by atoms with E-state index in [-0.39, 0.29) is 41.5 Å². The first-order valence-corrected chi connectivity index (χ1v) is 12.8. The highest BCUT2D eigenvalue weighted by atomic mass is 32.2. The fraction of sp³-hybridized carbons (Fsp3) is 0.417. The van der Waals surface area contributed by atoms with Gasteiger partial charge in [0, 0.05) is 37.7 Å². The van der Waals surface area contributed by atoms with Gasteiger partial charge >= 0.3 is 0 Å². The number of hydrogen-bond donors (Lipinski definition) is 3. The van der Waals surface area contributed by atoms with Crippen molar-refractivity contribution in [3.8, 4) is 11.5 Å². The highest BCUT2D eigenvalue weighted by Crippen LogP contribution is 2.25. The number of nitrogens with one attached hydrogen (secondary N) is 2. The molecule has 0 bridgehead atoms. The number of amides is 2. The number of nitrogens with zero attached hydrogens (tertiary/aromatic N) is 1. The second-order valence-corrected chi connectivity index (χ2v) is 9.97. The first-order chi connectivity index (χ1) is 16.3. The summed E-state index contributed by atoms with van der Waals surface area (Å²) in [5.74, 6) is 0.0171. The summed E-state index contributed by atoms with van der Waals surface area (Å²) in [6.45, 7) is 3.73. The fourth-order valence-corrected chi connectivity index (χ4v) is 5.25. The SMILES string of the molecule is CCOc1ccc(S(=O)(=O)N2CCC(C(=O)NCCCNC(=O)c3cccc(O)c3)CC2)cc1. The molecule has 10 heteroatoms. The van der Waals surface area contributed by atoms with Crippen molar-refractivity contribution in [3.05, 3.63) is 54.1 Å². The Balaban J connectivity index is 1.38. The number of ether oxygens (including phenoxy) is 1. The van der Waals surface area contributed by atoms with Crippen LogP contribution in [0.25, 0.3) is 0 Å². The summed E-state index contributed by atoms with van der Waals surface area (Å²) in [7, 11) is -3.61. The van der Waals surface area contributed by atoms with Crippen LogP contribution in [-0.2, 0) is 14.8 Å². The second kappa shape index (κ2) is 11.8. The molecule has 0 radical (unpaired) electrons. The first kappa shape index (κ1) is 25.5. The molecule has 1 saturated heterocycles. The molecule has 1 aliphatic rings. The van der Waals surface area contributed by atoms with E-state index in [1.54, 1.807) is 36.4 Å². The third-order valence-corrected chi connectivity index (χ3v) is 7.56. The van der Waals surface area contributed by atoms with Crippen molar-refractivity contribution < 1.29 is 27.9 Å². The zero-order valence-corrected chi connectivity index (χ0v) is 20.0. The van der Waals surface area contributed by atoms with Crippen LogP contribution in [0.2, 0.25) is 0 Å². The van der Waals surface area contributed by atoms with E-state index in [1.165, 1.54) is 16.4 Å². The van der Waals surface area contributed by atoms with Gasteiger partial charge in [0.2, 0.25) is 15.9 Å². The van der Waals surface area contributed by atoms with E-state index in [0.717, 1.165) is 0 Å². The topological polar surface area (TPSA) is 125 Å². The fourth-order valence-electron chi connectivity index (χ4n) is 3.78. The van der Waals surface area contributed by atoms with Crippen LogP contribution in [0.3, 0.4) is 0 Å². The Morgan fingerprint density at radius 3 is 2.38 bits per heavy atom. The molecule has 0 atom stereocenters. The van der Waals surface area contributed by atoms with E-state index in [0.29, 0.717) is 50.3 Å². The van der Waals surface area contributed by atoms with Crippen LogP contribution in [0.15, 0.2) is 53.4 Å². The molecule has 3 rings (SSSR count). The summed E-state index contributed by atoms with van der Waals surface area (Å²) in [5.41, 5.74) is 0.371. The van der Waals surface area contributed by atoms with Crippen molar-refractivity contribution in [1.29, 1.82) is 0 Å². The molecule has 184 valence electrons. The molecular formula is C24H31N3O6S. The Hall–Kier alpha value is -3.11. The number of phenols is 1. The molecule has 1 aliphatic heterocycles. The van der Waals surface area contributed by atoms with Crippen molar-refractivity contribution in [2.45, 2.75) is 31.1 Å². The highest BCUT2D eigenvalue weighted by Gasteiger charge is 2.32. The number of hydrogen-bond acceptors (Lipinski definition) is 6. The third-order valence-electron chi connectivity index (χ3n) is 5.64. The van der Waals surface area contributed by atoms with Gasteiger partial charge in [-0.3, -0.25) is 9.59 Å².